The molecule has 0 aliphatic carbocycles. The van der Waals surface area contributed by atoms with Crippen molar-refractivity contribution in [3.8, 4) is 11.8 Å². The van der Waals surface area contributed by atoms with Crippen molar-refractivity contribution in [2.75, 3.05) is 5.88 Å². The van der Waals surface area contributed by atoms with E-state index in [0.29, 0.717) is 28.0 Å². The van der Waals surface area contributed by atoms with Gasteiger partial charge < -0.3 is 0 Å². The molecular weight excluding hydrogens is 228 g/mol. The van der Waals surface area contributed by atoms with E-state index >= 15 is 0 Å². The van der Waals surface area contributed by atoms with Crippen molar-refractivity contribution in [2.24, 2.45) is 0 Å². The van der Waals surface area contributed by atoms with E-state index in [0.717, 1.165) is 0 Å². The predicted octanol–water partition coefficient (Wildman–Crippen LogP) is 3.37. The first-order chi connectivity index (χ1) is 6.24. The lowest BCUT2D eigenvalue weighted by Crippen LogP contribution is -1.82. The Balaban J connectivity index is 2.89. The van der Waals surface area contributed by atoms with Crippen LogP contribution in [0.15, 0.2) is 12.3 Å². The Kier molecular flexibility index (Phi) is 4.38. The number of halogens is 3. The van der Waals surface area contributed by atoms with Gasteiger partial charge in [0.2, 0.25) is 0 Å². The van der Waals surface area contributed by atoms with Crippen LogP contribution in [0.1, 0.15) is 12.0 Å². The number of nitrogens with zero attached hydrogens (tertiary/aromatic N) is 1. The third-order valence-electron chi connectivity index (χ3n) is 1.25. The van der Waals surface area contributed by atoms with Crippen LogP contribution in [0.2, 0.25) is 10.2 Å². The highest BCUT2D eigenvalue weighted by Gasteiger charge is 1.98. The van der Waals surface area contributed by atoms with E-state index in [2.05, 4.69) is 16.8 Å². The lowest BCUT2D eigenvalue weighted by atomic mass is 10.3. The molecule has 1 aromatic rings. The topological polar surface area (TPSA) is 12.9 Å². The van der Waals surface area contributed by atoms with Gasteiger partial charge in [-0.3, -0.25) is 0 Å². The minimum absolute atomic E-state index is 0.367. The summed E-state index contributed by atoms with van der Waals surface area (Å²) in [7, 11) is 0. The lowest BCUT2D eigenvalue weighted by Gasteiger charge is -1.94. The van der Waals surface area contributed by atoms with Crippen molar-refractivity contribution in [3.05, 3.63) is 28.0 Å². The summed E-state index contributed by atoms with van der Waals surface area (Å²) < 4.78 is 0. The summed E-state index contributed by atoms with van der Waals surface area (Å²) in [6.07, 6.45) is 2.11. The molecule has 1 aromatic heterocycles. The zero-order valence-electron chi connectivity index (χ0n) is 6.65. The van der Waals surface area contributed by atoms with E-state index in [4.69, 9.17) is 34.8 Å². The molecule has 0 spiro atoms. The number of hydrogen-bond donors (Lipinski definition) is 0. The van der Waals surface area contributed by atoms with E-state index < -0.39 is 0 Å². The second-order valence-electron chi connectivity index (χ2n) is 2.23. The number of pyridine rings is 1. The molecule has 0 radical (unpaired) electrons. The van der Waals surface area contributed by atoms with Gasteiger partial charge in [0, 0.05) is 18.5 Å². The summed E-state index contributed by atoms with van der Waals surface area (Å²) in [6, 6.07) is 1.68. The molecular formula is C9H6Cl3N. The Hall–Kier alpha value is -0.420. The minimum atomic E-state index is 0.367. The third kappa shape index (κ3) is 3.44. The lowest BCUT2D eigenvalue weighted by molar-refractivity contribution is 1.28. The molecule has 0 fully saturated rings. The number of rotatable bonds is 1. The van der Waals surface area contributed by atoms with Crippen LogP contribution in [0.25, 0.3) is 0 Å². The van der Waals surface area contributed by atoms with Crippen LogP contribution in [0.4, 0.5) is 0 Å². The fraction of sp³-hybridized carbons (Fsp3) is 0.222. The molecule has 0 saturated carbocycles. The molecule has 0 aliphatic rings. The van der Waals surface area contributed by atoms with Gasteiger partial charge in [-0.25, -0.2) is 4.98 Å². The molecule has 13 heavy (non-hydrogen) atoms. The Bertz CT molecular complexity index is 352. The Morgan fingerprint density at radius 2 is 2.15 bits per heavy atom. The summed E-state index contributed by atoms with van der Waals surface area (Å²) in [5.74, 6) is 6.21. The van der Waals surface area contributed by atoms with Gasteiger partial charge in [-0.15, -0.1) is 11.6 Å². The van der Waals surface area contributed by atoms with Crippen LogP contribution >= 0.6 is 34.8 Å². The fourth-order valence-electron chi connectivity index (χ4n) is 0.715. The van der Waals surface area contributed by atoms with Crippen molar-refractivity contribution in [3.63, 3.8) is 0 Å². The number of aromatic nitrogens is 1. The van der Waals surface area contributed by atoms with E-state index in [9.17, 15) is 0 Å². The average Bonchev–Trinajstić information content (AvgIpc) is 2.11. The zero-order chi connectivity index (χ0) is 9.68. The summed E-state index contributed by atoms with van der Waals surface area (Å²) in [5.41, 5.74) is 0.638. The van der Waals surface area contributed by atoms with Crippen LogP contribution in [-0.2, 0) is 0 Å². The molecule has 0 bridgehead atoms. The van der Waals surface area contributed by atoms with E-state index in [1.165, 1.54) is 6.20 Å². The first-order valence-electron chi connectivity index (χ1n) is 3.60. The average molecular weight is 235 g/mol. The van der Waals surface area contributed by atoms with Gasteiger partial charge in [-0.1, -0.05) is 35.0 Å². The predicted molar refractivity (Wildman–Crippen MR) is 56.5 cm³/mol. The first-order valence-corrected chi connectivity index (χ1v) is 4.89. The molecule has 0 aromatic carbocycles. The fourth-order valence-corrected chi connectivity index (χ4v) is 1.12. The van der Waals surface area contributed by atoms with Crippen LogP contribution in [-0.4, -0.2) is 10.9 Å². The summed E-state index contributed by atoms with van der Waals surface area (Å²) in [5, 5.41) is 0.894. The molecule has 0 saturated heterocycles. The van der Waals surface area contributed by atoms with Gasteiger partial charge in [-0.05, 0) is 6.07 Å². The van der Waals surface area contributed by atoms with Gasteiger partial charge in [0.25, 0.3) is 0 Å². The maximum Gasteiger partial charge on any atom is 0.144 e. The van der Waals surface area contributed by atoms with Gasteiger partial charge in [-0.2, -0.15) is 0 Å². The molecule has 0 aliphatic heterocycles. The monoisotopic (exact) mass is 233 g/mol. The zero-order valence-corrected chi connectivity index (χ0v) is 8.92. The molecule has 0 atom stereocenters. The SMILES string of the molecule is ClCCC#Cc1cc(Cl)cnc1Cl. The van der Waals surface area contributed by atoms with E-state index in [1.54, 1.807) is 6.07 Å². The molecule has 4 heteroatoms. The maximum absolute atomic E-state index is 5.77. The van der Waals surface area contributed by atoms with E-state index in [1.807, 2.05) is 0 Å². The molecule has 0 unspecified atom stereocenters. The van der Waals surface area contributed by atoms with Crippen molar-refractivity contribution >= 4 is 34.8 Å². The quantitative estimate of drug-likeness (QED) is 0.412. The summed E-state index contributed by atoms with van der Waals surface area (Å²) in [6.45, 7) is 0. The highest BCUT2D eigenvalue weighted by Crippen LogP contribution is 2.16. The first kappa shape index (κ1) is 10.7. The van der Waals surface area contributed by atoms with Crippen LogP contribution in [0.3, 0.4) is 0 Å². The van der Waals surface area contributed by atoms with Gasteiger partial charge in [0.05, 0.1) is 10.6 Å². The highest BCUT2D eigenvalue weighted by molar-refractivity contribution is 6.32. The van der Waals surface area contributed by atoms with Crippen LogP contribution in [0.5, 0.6) is 0 Å². The largest absolute Gasteiger partial charge is 0.242 e. The summed E-state index contributed by atoms with van der Waals surface area (Å²) >= 11 is 16.9. The maximum atomic E-state index is 5.77. The van der Waals surface area contributed by atoms with Crippen molar-refractivity contribution in [1.82, 2.24) is 4.98 Å². The number of alkyl halides is 1. The van der Waals surface area contributed by atoms with Crippen LogP contribution in [0, 0.1) is 11.8 Å². The normalized spacial score (nSPS) is 9.15. The molecule has 1 heterocycles. The van der Waals surface area contributed by atoms with E-state index in [-0.39, 0.29) is 0 Å². The molecule has 0 N–H and O–H groups in total. The molecule has 68 valence electrons. The molecule has 1 rings (SSSR count). The minimum Gasteiger partial charge on any atom is -0.242 e. The Morgan fingerprint density at radius 1 is 1.38 bits per heavy atom. The van der Waals surface area contributed by atoms with Crippen molar-refractivity contribution in [1.29, 1.82) is 0 Å². The molecule has 0 amide bonds. The number of hydrogen-bond acceptors (Lipinski definition) is 1. The summed E-state index contributed by atoms with van der Waals surface area (Å²) in [4.78, 5) is 3.86. The van der Waals surface area contributed by atoms with Gasteiger partial charge in [0.15, 0.2) is 0 Å². The van der Waals surface area contributed by atoms with Gasteiger partial charge in [0.1, 0.15) is 5.15 Å². The molecule has 1 nitrogen and oxygen atoms in total. The highest BCUT2D eigenvalue weighted by atomic mass is 35.5. The third-order valence-corrected chi connectivity index (χ3v) is 1.95. The Labute approximate surface area is 92.0 Å². The van der Waals surface area contributed by atoms with Crippen LogP contribution < -0.4 is 0 Å². The second-order valence-corrected chi connectivity index (χ2v) is 3.41. The standard InChI is InChI=1S/C9H6Cl3N/c10-4-2-1-3-7-5-8(11)6-13-9(7)12/h5-6H,2,4H2. The second kappa shape index (κ2) is 5.34. The smallest absolute Gasteiger partial charge is 0.144 e. The van der Waals surface area contributed by atoms with Crippen molar-refractivity contribution in [2.45, 2.75) is 6.42 Å². The Morgan fingerprint density at radius 3 is 2.85 bits per heavy atom. The van der Waals surface area contributed by atoms with Gasteiger partial charge >= 0.3 is 0 Å². The van der Waals surface area contributed by atoms with Crippen molar-refractivity contribution < 1.29 is 0 Å².